The Morgan fingerprint density at radius 3 is 2.59 bits per heavy atom. The molecule has 2 aliphatic heterocycles. The van der Waals surface area contributed by atoms with Gasteiger partial charge in [0.05, 0.1) is 30.0 Å². The molecule has 0 spiro atoms. The molecule has 7 rings (SSSR count). The predicted octanol–water partition coefficient (Wildman–Crippen LogP) is 6.03. The Labute approximate surface area is 256 Å². The average Bonchev–Trinajstić information content (AvgIpc) is 3.29. The van der Waals surface area contributed by atoms with Gasteiger partial charge in [0.1, 0.15) is 17.0 Å². The first-order valence-electron chi connectivity index (χ1n) is 14.7. The summed E-state index contributed by atoms with van der Waals surface area (Å²) in [7, 11) is 1.49. The van der Waals surface area contributed by atoms with Gasteiger partial charge in [-0.2, -0.15) is 18.4 Å². The molecule has 4 heterocycles. The number of hydrogen-bond donors (Lipinski definition) is 2. The van der Waals surface area contributed by atoms with Crippen molar-refractivity contribution < 1.29 is 32.6 Å². The second kappa shape index (κ2) is 9.84. The number of aliphatic hydroxyl groups is 1. The summed E-state index contributed by atoms with van der Waals surface area (Å²) in [6.07, 6.45) is -4.47. The minimum Gasteiger partial charge on any atom is -0.496 e. The van der Waals surface area contributed by atoms with Gasteiger partial charge in [-0.1, -0.05) is 6.07 Å². The number of amides is 2. The van der Waals surface area contributed by atoms with E-state index in [1.807, 2.05) is 28.1 Å². The number of ether oxygens (including phenoxy) is 1. The second-order valence-electron chi connectivity index (χ2n) is 12.6. The molecule has 12 heteroatoms. The van der Waals surface area contributed by atoms with Crippen LogP contribution in [0.25, 0.3) is 21.7 Å². The summed E-state index contributed by atoms with van der Waals surface area (Å²) in [6, 6.07) is 11.3. The van der Waals surface area contributed by atoms with Crippen LogP contribution in [-0.2, 0) is 0 Å². The van der Waals surface area contributed by atoms with Crippen LogP contribution >= 0.6 is 11.3 Å². The van der Waals surface area contributed by atoms with Crippen molar-refractivity contribution in [2.75, 3.05) is 13.7 Å². The predicted molar refractivity (Wildman–Crippen MR) is 157 cm³/mol. The zero-order chi connectivity index (χ0) is 31.2. The average molecular weight is 625 g/mol. The third kappa shape index (κ3) is 4.19. The molecular formula is C32H31F3N4O4S. The Morgan fingerprint density at radius 1 is 1.20 bits per heavy atom. The van der Waals surface area contributed by atoms with Gasteiger partial charge < -0.3 is 24.6 Å². The minimum absolute atomic E-state index is 0.0291. The number of nitriles is 1. The number of hydrogen-bond acceptors (Lipinski definition) is 6. The van der Waals surface area contributed by atoms with E-state index in [0.717, 1.165) is 33.7 Å². The minimum atomic E-state index is -4.88. The number of methoxy groups -OCH3 is 1. The number of carbonyl (C=O) groups is 2. The topological polar surface area (TPSA) is 108 Å². The molecule has 8 nitrogen and oxygen atoms in total. The fourth-order valence-corrected chi connectivity index (χ4v) is 8.10. The molecule has 2 saturated carbocycles. The van der Waals surface area contributed by atoms with Crippen LogP contribution in [0.15, 0.2) is 35.7 Å². The van der Waals surface area contributed by atoms with Crippen LogP contribution < -0.4 is 10.1 Å². The number of nitrogens with zero attached hydrogens (tertiary/aromatic N) is 3. The number of likely N-dealkylation sites (tertiary alicyclic amines) is 1. The zero-order valence-corrected chi connectivity index (χ0v) is 25.0. The highest BCUT2D eigenvalue weighted by molar-refractivity contribution is 7.13. The monoisotopic (exact) mass is 624 g/mol. The van der Waals surface area contributed by atoms with Crippen molar-refractivity contribution >= 4 is 23.2 Å². The van der Waals surface area contributed by atoms with Crippen LogP contribution in [0.5, 0.6) is 5.75 Å². The number of rotatable bonds is 6. The summed E-state index contributed by atoms with van der Waals surface area (Å²) in [5.41, 5.74) is 1.02. The molecule has 0 bridgehead atoms. The second-order valence-corrected chi connectivity index (χ2v) is 13.5. The van der Waals surface area contributed by atoms with Crippen LogP contribution in [0.4, 0.5) is 13.2 Å². The molecule has 230 valence electrons. The lowest BCUT2D eigenvalue weighted by atomic mass is 9.78. The van der Waals surface area contributed by atoms with E-state index in [1.54, 1.807) is 12.1 Å². The molecule has 1 saturated heterocycles. The molecule has 3 fully saturated rings. The lowest BCUT2D eigenvalue weighted by Gasteiger charge is -2.40. The SMILES string of the molecule is COc1cc2c(cc1C(=O)NC1(C#N)CCC1)-c1c(-c3cccs3)cc(C(=O)N3CCC[C@]3(C)[C@H](O)C(F)(F)F)n1[C@@H]1C[C@H]21. The van der Waals surface area contributed by atoms with E-state index < -0.39 is 35.2 Å². The first kappa shape index (κ1) is 28.9. The van der Waals surface area contributed by atoms with Gasteiger partial charge >= 0.3 is 6.18 Å². The number of benzene rings is 1. The summed E-state index contributed by atoms with van der Waals surface area (Å²) in [5, 5.41) is 24.9. The Balaban J connectivity index is 1.37. The van der Waals surface area contributed by atoms with E-state index in [4.69, 9.17) is 4.74 Å². The van der Waals surface area contributed by atoms with E-state index in [-0.39, 0.29) is 36.2 Å². The number of fused-ring (bicyclic) bond motifs is 6. The number of aliphatic hydroxyl groups excluding tert-OH is 1. The first-order chi connectivity index (χ1) is 20.9. The molecule has 2 N–H and O–H groups in total. The molecule has 4 aliphatic rings. The molecule has 2 aliphatic carbocycles. The Bertz CT molecular complexity index is 1720. The number of halogens is 3. The molecule has 0 unspecified atom stereocenters. The fourth-order valence-electron chi connectivity index (χ4n) is 7.36. The van der Waals surface area contributed by atoms with Gasteiger partial charge in [-0.05, 0) is 80.7 Å². The number of thiophene rings is 1. The molecule has 0 radical (unpaired) electrons. The highest BCUT2D eigenvalue weighted by Gasteiger charge is 2.57. The summed E-state index contributed by atoms with van der Waals surface area (Å²) in [5.74, 6) is -0.563. The van der Waals surface area contributed by atoms with Gasteiger partial charge in [0.15, 0.2) is 6.10 Å². The maximum absolute atomic E-state index is 14.2. The lowest BCUT2D eigenvalue weighted by Crippen LogP contribution is -2.58. The summed E-state index contributed by atoms with van der Waals surface area (Å²) >= 11 is 1.48. The van der Waals surface area contributed by atoms with Crippen LogP contribution in [0, 0.1) is 11.3 Å². The van der Waals surface area contributed by atoms with Crippen molar-refractivity contribution in [2.45, 2.75) is 80.8 Å². The van der Waals surface area contributed by atoms with E-state index in [1.165, 1.54) is 30.3 Å². The number of nitrogens with one attached hydrogen (secondary N) is 1. The van der Waals surface area contributed by atoms with Crippen LogP contribution in [0.3, 0.4) is 0 Å². The Kier molecular flexibility index (Phi) is 6.47. The van der Waals surface area contributed by atoms with Crippen molar-refractivity contribution in [3.05, 3.63) is 52.5 Å². The molecule has 1 aromatic carbocycles. The van der Waals surface area contributed by atoms with E-state index in [0.29, 0.717) is 31.4 Å². The number of alkyl halides is 3. The third-order valence-electron chi connectivity index (χ3n) is 10.0. The lowest BCUT2D eigenvalue weighted by molar-refractivity contribution is -0.232. The molecule has 44 heavy (non-hydrogen) atoms. The van der Waals surface area contributed by atoms with Gasteiger partial charge in [-0.15, -0.1) is 11.3 Å². The molecule has 4 atom stereocenters. The Morgan fingerprint density at radius 2 is 1.98 bits per heavy atom. The largest absolute Gasteiger partial charge is 0.496 e. The van der Waals surface area contributed by atoms with Crippen molar-refractivity contribution in [2.24, 2.45) is 0 Å². The molecule has 3 aromatic rings. The van der Waals surface area contributed by atoms with Crippen LogP contribution in [0.1, 0.15) is 83.8 Å². The van der Waals surface area contributed by atoms with Crippen molar-refractivity contribution in [3.63, 3.8) is 0 Å². The van der Waals surface area contributed by atoms with Gasteiger partial charge in [-0.3, -0.25) is 9.59 Å². The molecule has 2 aromatic heterocycles. The van der Waals surface area contributed by atoms with Gasteiger partial charge in [-0.25, -0.2) is 0 Å². The molecule has 2 amide bonds. The van der Waals surface area contributed by atoms with E-state index >= 15 is 0 Å². The standard InChI is InChI=1S/C32H31F3N4O4S/c1-30(29(42)32(33,34)35)7-5-10-38(30)28(41)23-14-21(25-6-3-11-44-25)26-19-12-20(27(40)37-31(16-36)8-4-9-31)24(43-2)15-17(19)18-13-22(18)39(23)26/h3,6,11-12,14-15,18,22,29,42H,4-5,7-10,13H2,1-2H3,(H,37,40)/t18-,22-,29+,30-/m1/s1. The van der Waals surface area contributed by atoms with Crippen molar-refractivity contribution in [1.29, 1.82) is 5.26 Å². The first-order valence-corrected chi connectivity index (χ1v) is 15.6. The van der Waals surface area contributed by atoms with Gasteiger partial charge in [0, 0.05) is 34.5 Å². The van der Waals surface area contributed by atoms with Crippen molar-refractivity contribution in [1.82, 2.24) is 14.8 Å². The smallest absolute Gasteiger partial charge is 0.416 e. The quantitative estimate of drug-likeness (QED) is 0.349. The zero-order valence-electron chi connectivity index (χ0n) is 24.2. The number of aromatic nitrogens is 1. The normalized spacial score (nSPS) is 25.2. The highest BCUT2D eigenvalue weighted by Crippen LogP contribution is 2.62. The molecular weight excluding hydrogens is 593 g/mol. The highest BCUT2D eigenvalue weighted by atomic mass is 32.1. The van der Waals surface area contributed by atoms with Crippen molar-refractivity contribution in [3.8, 4) is 33.5 Å². The number of carbonyl (C=O) groups excluding carboxylic acids is 2. The summed E-state index contributed by atoms with van der Waals surface area (Å²) < 4.78 is 48.8. The Hall–Kier alpha value is -3.82. The van der Waals surface area contributed by atoms with E-state index in [9.17, 15) is 33.1 Å². The van der Waals surface area contributed by atoms with Crippen LogP contribution in [0.2, 0.25) is 0 Å². The fraction of sp³-hybridized carbons (Fsp3) is 0.469. The van der Waals surface area contributed by atoms with Gasteiger partial charge in [0.2, 0.25) is 0 Å². The van der Waals surface area contributed by atoms with Gasteiger partial charge in [0.25, 0.3) is 11.8 Å². The third-order valence-corrected chi connectivity index (χ3v) is 10.9. The van der Waals surface area contributed by atoms with Crippen LogP contribution in [-0.4, -0.2) is 63.4 Å². The van der Waals surface area contributed by atoms with E-state index in [2.05, 4.69) is 11.4 Å². The maximum atomic E-state index is 14.2. The summed E-state index contributed by atoms with van der Waals surface area (Å²) in [4.78, 5) is 29.9. The maximum Gasteiger partial charge on any atom is 0.416 e. The summed E-state index contributed by atoms with van der Waals surface area (Å²) in [6.45, 7) is 1.41.